The van der Waals surface area contributed by atoms with E-state index >= 15 is 0 Å². The predicted octanol–water partition coefficient (Wildman–Crippen LogP) is 7.62. The van der Waals surface area contributed by atoms with E-state index in [4.69, 9.17) is 0 Å². The molecule has 0 bridgehead atoms. The Kier molecular flexibility index (Phi) is 9.33. The summed E-state index contributed by atoms with van der Waals surface area (Å²) < 4.78 is 38.0. The van der Waals surface area contributed by atoms with Gasteiger partial charge in [0.25, 0.3) is 0 Å². The third-order valence-electron chi connectivity index (χ3n) is 5.59. The lowest BCUT2D eigenvalue weighted by molar-refractivity contribution is -0.137. The van der Waals surface area contributed by atoms with Crippen molar-refractivity contribution in [3.63, 3.8) is 0 Å². The van der Waals surface area contributed by atoms with Crippen molar-refractivity contribution in [2.45, 2.75) is 58.3 Å². The third-order valence-corrected chi connectivity index (χ3v) is 5.59. The molecule has 0 fully saturated rings. The lowest BCUT2D eigenvalue weighted by Crippen LogP contribution is -2.18. The van der Waals surface area contributed by atoms with Crippen LogP contribution in [0.25, 0.3) is 0 Å². The molecule has 0 aromatic heterocycles. The molecule has 0 spiro atoms. The van der Waals surface area contributed by atoms with Gasteiger partial charge in [-0.1, -0.05) is 74.4 Å². The van der Waals surface area contributed by atoms with E-state index in [0.29, 0.717) is 5.56 Å². The Bertz CT molecular complexity index is 1080. The molecule has 5 heteroatoms. The van der Waals surface area contributed by atoms with Crippen LogP contribution in [0.4, 0.5) is 13.2 Å². The largest absolute Gasteiger partial charge is 0.416 e. The molecule has 3 aromatic rings. The van der Waals surface area contributed by atoms with Crippen LogP contribution in [0.2, 0.25) is 0 Å². The number of aryl methyl sites for hydroxylation is 1. The first-order valence-electron chi connectivity index (χ1n) is 11.6. The predicted molar refractivity (Wildman–Crippen MR) is 129 cm³/mol. The van der Waals surface area contributed by atoms with E-state index in [0.717, 1.165) is 40.3 Å². The van der Waals surface area contributed by atoms with Crippen molar-refractivity contribution in [3.8, 4) is 11.8 Å². The van der Waals surface area contributed by atoms with Gasteiger partial charge < -0.3 is 5.21 Å². The van der Waals surface area contributed by atoms with Gasteiger partial charge in [0.05, 0.1) is 5.56 Å². The lowest BCUT2D eigenvalue weighted by Gasteiger charge is -2.15. The van der Waals surface area contributed by atoms with E-state index in [1.165, 1.54) is 43.4 Å². The minimum atomic E-state index is -4.36. The Balaban J connectivity index is 1.50. The molecule has 178 valence electrons. The van der Waals surface area contributed by atoms with E-state index in [-0.39, 0.29) is 13.1 Å². The summed E-state index contributed by atoms with van der Waals surface area (Å²) in [6.45, 7) is 2.61. The Hall–Kier alpha value is -3.07. The molecule has 1 N–H and O–H groups in total. The number of unbranched alkanes of at least 4 members (excludes halogenated alkanes) is 3. The van der Waals surface area contributed by atoms with Gasteiger partial charge in [0.15, 0.2) is 0 Å². The van der Waals surface area contributed by atoms with Crippen LogP contribution >= 0.6 is 0 Å². The van der Waals surface area contributed by atoms with Gasteiger partial charge in [0.1, 0.15) is 0 Å². The van der Waals surface area contributed by atoms with Crippen LogP contribution in [0.5, 0.6) is 0 Å². The number of hydrogen-bond donors (Lipinski definition) is 1. The second kappa shape index (κ2) is 12.4. The summed E-state index contributed by atoms with van der Waals surface area (Å²) in [4.78, 5) is 0. The van der Waals surface area contributed by atoms with Crippen molar-refractivity contribution in [1.29, 1.82) is 0 Å². The number of halogens is 3. The van der Waals surface area contributed by atoms with Crippen molar-refractivity contribution in [2.24, 2.45) is 0 Å². The summed E-state index contributed by atoms with van der Waals surface area (Å²) in [7, 11) is 0. The highest BCUT2D eigenvalue weighted by molar-refractivity contribution is 5.44. The first-order chi connectivity index (χ1) is 16.3. The SMILES string of the molecule is CCCCCCc1ccc(C#Cc2ccc(CN(O)Cc3ccc(C(F)(F)F)cc3)cc2)cc1. The molecule has 0 radical (unpaired) electrons. The molecular formula is C29H30F3NO. The number of benzene rings is 3. The second-order valence-electron chi connectivity index (χ2n) is 8.47. The van der Waals surface area contributed by atoms with Gasteiger partial charge in [0, 0.05) is 24.2 Å². The minimum absolute atomic E-state index is 0.133. The van der Waals surface area contributed by atoms with Gasteiger partial charge in [-0.05, 0) is 65.9 Å². The average molecular weight is 466 g/mol. The molecule has 0 amide bonds. The van der Waals surface area contributed by atoms with Crippen molar-refractivity contribution in [1.82, 2.24) is 5.06 Å². The Morgan fingerprint density at radius 2 is 1.15 bits per heavy atom. The zero-order chi connectivity index (χ0) is 24.4. The first-order valence-corrected chi connectivity index (χ1v) is 11.6. The van der Waals surface area contributed by atoms with Crippen LogP contribution in [-0.4, -0.2) is 10.3 Å². The van der Waals surface area contributed by atoms with Gasteiger partial charge in [0.2, 0.25) is 0 Å². The summed E-state index contributed by atoms with van der Waals surface area (Å²) >= 11 is 0. The standard InChI is InChI=1S/C29H30F3NO/c1-2-3-4-5-6-23-7-9-24(10-8-23)11-12-25-13-15-26(16-14-25)21-33(34)22-27-17-19-28(20-18-27)29(30,31)32/h7-10,13-20,34H,2-6,21-22H2,1H3. The minimum Gasteiger partial charge on any atom is -0.313 e. The number of rotatable bonds is 9. The highest BCUT2D eigenvalue weighted by Gasteiger charge is 2.29. The fourth-order valence-corrected chi connectivity index (χ4v) is 3.63. The van der Waals surface area contributed by atoms with Gasteiger partial charge in [-0.15, -0.1) is 0 Å². The molecule has 0 unspecified atom stereocenters. The smallest absolute Gasteiger partial charge is 0.313 e. The summed E-state index contributed by atoms with van der Waals surface area (Å²) in [5.41, 5.74) is 3.98. The van der Waals surface area contributed by atoms with Crippen molar-refractivity contribution in [2.75, 3.05) is 0 Å². The summed E-state index contributed by atoms with van der Waals surface area (Å²) in [6, 6.07) is 20.8. The Morgan fingerprint density at radius 3 is 1.62 bits per heavy atom. The molecule has 0 heterocycles. The number of alkyl halides is 3. The number of hydroxylamine groups is 2. The fraction of sp³-hybridized carbons (Fsp3) is 0.310. The molecule has 0 aliphatic rings. The number of hydrogen-bond acceptors (Lipinski definition) is 2. The van der Waals surface area contributed by atoms with E-state index in [1.54, 1.807) is 0 Å². The quantitative estimate of drug-likeness (QED) is 0.200. The number of nitrogens with zero attached hydrogens (tertiary/aromatic N) is 1. The average Bonchev–Trinajstić information content (AvgIpc) is 2.82. The molecule has 2 nitrogen and oxygen atoms in total. The molecule has 0 aliphatic carbocycles. The topological polar surface area (TPSA) is 23.5 Å². The highest BCUT2D eigenvalue weighted by Crippen LogP contribution is 2.29. The molecule has 0 atom stereocenters. The van der Waals surface area contributed by atoms with Crippen LogP contribution in [0, 0.1) is 11.8 Å². The van der Waals surface area contributed by atoms with Gasteiger partial charge >= 0.3 is 6.18 Å². The van der Waals surface area contributed by atoms with E-state index < -0.39 is 11.7 Å². The monoisotopic (exact) mass is 465 g/mol. The molecular weight excluding hydrogens is 435 g/mol. The van der Waals surface area contributed by atoms with Crippen molar-refractivity contribution >= 4 is 0 Å². The third kappa shape index (κ3) is 8.37. The normalized spacial score (nSPS) is 11.4. The van der Waals surface area contributed by atoms with Crippen molar-refractivity contribution < 1.29 is 18.4 Å². The van der Waals surface area contributed by atoms with Crippen LogP contribution < -0.4 is 0 Å². The van der Waals surface area contributed by atoms with E-state index in [9.17, 15) is 18.4 Å². The zero-order valence-electron chi connectivity index (χ0n) is 19.4. The van der Waals surface area contributed by atoms with Gasteiger partial charge in [-0.25, -0.2) is 0 Å². The maximum Gasteiger partial charge on any atom is 0.416 e. The van der Waals surface area contributed by atoms with Crippen LogP contribution in [-0.2, 0) is 25.7 Å². The second-order valence-corrected chi connectivity index (χ2v) is 8.47. The van der Waals surface area contributed by atoms with Gasteiger partial charge in [-0.3, -0.25) is 0 Å². The van der Waals surface area contributed by atoms with E-state index in [2.05, 4.69) is 43.0 Å². The van der Waals surface area contributed by atoms with E-state index in [1.807, 2.05) is 24.3 Å². The molecule has 0 aliphatic heterocycles. The summed E-state index contributed by atoms with van der Waals surface area (Å²) in [5, 5.41) is 11.3. The molecule has 0 saturated carbocycles. The van der Waals surface area contributed by atoms with Gasteiger partial charge in [-0.2, -0.15) is 18.2 Å². The summed E-state index contributed by atoms with van der Waals surface area (Å²) in [6.07, 6.45) is 1.78. The lowest BCUT2D eigenvalue weighted by atomic mass is 10.0. The first kappa shape index (κ1) is 25.6. The van der Waals surface area contributed by atoms with Crippen LogP contribution in [0.3, 0.4) is 0 Å². The molecule has 3 rings (SSSR count). The molecule has 3 aromatic carbocycles. The Morgan fingerprint density at radius 1 is 0.676 bits per heavy atom. The zero-order valence-corrected chi connectivity index (χ0v) is 19.4. The highest BCUT2D eigenvalue weighted by atomic mass is 19.4. The van der Waals surface area contributed by atoms with Crippen molar-refractivity contribution in [3.05, 3.63) is 106 Å². The maximum absolute atomic E-state index is 12.7. The fourth-order valence-electron chi connectivity index (χ4n) is 3.63. The molecule has 34 heavy (non-hydrogen) atoms. The van der Waals surface area contributed by atoms with Crippen LogP contribution in [0.1, 0.15) is 66.0 Å². The Labute approximate surface area is 200 Å². The summed E-state index contributed by atoms with van der Waals surface area (Å²) in [5.74, 6) is 6.34. The maximum atomic E-state index is 12.7. The molecule has 0 saturated heterocycles. The van der Waals surface area contributed by atoms with Crippen LogP contribution in [0.15, 0.2) is 72.8 Å².